The SMILES string of the molecule is CN(C)CC(O)CNC(=O)C1OCC(=O)N(C)C1c1ccc(F)cc1. The molecule has 2 N–H and O–H groups in total. The largest absolute Gasteiger partial charge is 0.390 e. The molecule has 1 aromatic carbocycles. The second kappa shape index (κ2) is 8.37. The summed E-state index contributed by atoms with van der Waals surface area (Å²) in [6.45, 7) is 0.281. The van der Waals surface area contributed by atoms with Crippen molar-refractivity contribution in [3.8, 4) is 0 Å². The molecule has 0 aromatic heterocycles. The summed E-state index contributed by atoms with van der Waals surface area (Å²) in [7, 11) is 5.22. The Bertz CT molecular complexity index is 608. The van der Waals surface area contributed by atoms with Crippen molar-refractivity contribution in [3.63, 3.8) is 0 Å². The van der Waals surface area contributed by atoms with Crippen LogP contribution in [-0.4, -0.2) is 79.8 Å². The van der Waals surface area contributed by atoms with Gasteiger partial charge < -0.3 is 25.0 Å². The first kappa shape index (κ1) is 19.3. The number of nitrogens with zero attached hydrogens (tertiary/aromatic N) is 2. The molecule has 7 nitrogen and oxygen atoms in total. The van der Waals surface area contributed by atoms with E-state index in [9.17, 15) is 19.1 Å². The van der Waals surface area contributed by atoms with Gasteiger partial charge in [-0.15, -0.1) is 0 Å². The molecule has 8 heteroatoms. The zero-order valence-corrected chi connectivity index (χ0v) is 14.6. The van der Waals surface area contributed by atoms with Gasteiger partial charge in [-0.2, -0.15) is 0 Å². The second-order valence-corrected chi connectivity index (χ2v) is 6.39. The lowest BCUT2D eigenvalue weighted by Crippen LogP contribution is -2.54. The van der Waals surface area contributed by atoms with Crippen LogP contribution in [0, 0.1) is 5.82 Å². The smallest absolute Gasteiger partial charge is 0.251 e. The van der Waals surface area contributed by atoms with Crippen LogP contribution < -0.4 is 5.32 Å². The van der Waals surface area contributed by atoms with Crippen LogP contribution in [0.5, 0.6) is 0 Å². The van der Waals surface area contributed by atoms with Crippen molar-refractivity contribution in [2.75, 3.05) is 40.8 Å². The fraction of sp³-hybridized carbons (Fsp3) is 0.529. The highest BCUT2D eigenvalue weighted by Gasteiger charge is 2.40. The Labute approximate surface area is 146 Å². The number of aliphatic hydroxyl groups is 1. The van der Waals surface area contributed by atoms with E-state index in [0.717, 1.165) is 0 Å². The Morgan fingerprint density at radius 1 is 1.44 bits per heavy atom. The van der Waals surface area contributed by atoms with E-state index < -0.39 is 30.0 Å². The van der Waals surface area contributed by atoms with Gasteiger partial charge in [0.15, 0.2) is 6.10 Å². The summed E-state index contributed by atoms with van der Waals surface area (Å²) in [5, 5.41) is 12.5. The number of likely N-dealkylation sites (N-methyl/N-ethyl adjacent to an activating group) is 2. The van der Waals surface area contributed by atoms with Crippen molar-refractivity contribution >= 4 is 11.8 Å². The zero-order valence-electron chi connectivity index (χ0n) is 14.6. The number of aliphatic hydroxyl groups excluding tert-OH is 1. The molecule has 0 spiro atoms. The van der Waals surface area contributed by atoms with Crippen LogP contribution in [0.25, 0.3) is 0 Å². The van der Waals surface area contributed by atoms with E-state index in [0.29, 0.717) is 12.1 Å². The quantitative estimate of drug-likeness (QED) is 0.738. The molecular formula is C17H24FN3O4. The van der Waals surface area contributed by atoms with E-state index in [1.165, 1.54) is 29.2 Å². The second-order valence-electron chi connectivity index (χ2n) is 6.39. The molecule has 25 heavy (non-hydrogen) atoms. The minimum absolute atomic E-state index is 0.0741. The molecule has 0 radical (unpaired) electrons. The van der Waals surface area contributed by atoms with Crippen molar-refractivity contribution < 1.29 is 23.8 Å². The predicted octanol–water partition coefficient (Wildman–Crippen LogP) is -0.237. The summed E-state index contributed by atoms with van der Waals surface area (Å²) in [5.74, 6) is -1.08. The first-order valence-corrected chi connectivity index (χ1v) is 8.03. The van der Waals surface area contributed by atoms with Crippen molar-refractivity contribution in [1.29, 1.82) is 0 Å². The fourth-order valence-electron chi connectivity index (χ4n) is 2.79. The minimum Gasteiger partial charge on any atom is -0.390 e. The van der Waals surface area contributed by atoms with E-state index in [1.54, 1.807) is 7.05 Å². The van der Waals surface area contributed by atoms with Crippen molar-refractivity contribution in [2.45, 2.75) is 18.2 Å². The van der Waals surface area contributed by atoms with Gasteiger partial charge in [0, 0.05) is 20.1 Å². The van der Waals surface area contributed by atoms with Gasteiger partial charge in [0.2, 0.25) is 5.91 Å². The lowest BCUT2D eigenvalue weighted by Gasteiger charge is -2.38. The number of morpholine rings is 1. The predicted molar refractivity (Wildman–Crippen MR) is 89.2 cm³/mol. The van der Waals surface area contributed by atoms with E-state index in [1.807, 2.05) is 19.0 Å². The van der Waals surface area contributed by atoms with Gasteiger partial charge in [0.25, 0.3) is 5.91 Å². The maximum absolute atomic E-state index is 13.2. The van der Waals surface area contributed by atoms with Crippen LogP contribution in [-0.2, 0) is 14.3 Å². The highest BCUT2D eigenvalue weighted by Crippen LogP contribution is 2.29. The number of hydrogen-bond donors (Lipinski definition) is 2. The molecule has 0 aliphatic carbocycles. The maximum Gasteiger partial charge on any atom is 0.251 e. The van der Waals surface area contributed by atoms with Crippen LogP contribution in [0.4, 0.5) is 4.39 Å². The molecule has 2 amide bonds. The van der Waals surface area contributed by atoms with Gasteiger partial charge in [-0.3, -0.25) is 9.59 Å². The van der Waals surface area contributed by atoms with Gasteiger partial charge in [0.05, 0.1) is 12.1 Å². The number of nitrogens with one attached hydrogen (secondary N) is 1. The summed E-state index contributed by atoms with van der Waals surface area (Å²) in [4.78, 5) is 27.7. The van der Waals surface area contributed by atoms with Gasteiger partial charge in [0.1, 0.15) is 12.4 Å². The monoisotopic (exact) mass is 353 g/mol. The molecule has 1 saturated heterocycles. The highest BCUT2D eigenvalue weighted by atomic mass is 19.1. The minimum atomic E-state index is -0.931. The number of carbonyl (C=O) groups is 2. The third kappa shape index (κ3) is 4.97. The van der Waals surface area contributed by atoms with Crippen LogP contribution in [0.2, 0.25) is 0 Å². The zero-order chi connectivity index (χ0) is 18.6. The van der Waals surface area contributed by atoms with Crippen molar-refractivity contribution in [1.82, 2.24) is 15.1 Å². The Hall–Kier alpha value is -2.03. The summed E-state index contributed by atoms with van der Waals surface area (Å²) < 4.78 is 18.6. The normalized spacial score (nSPS) is 22.2. The molecule has 1 aliphatic rings. The first-order chi connectivity index (χ1) is 11.8. The van der Waals surface area contributed by atoms with Gasteiger partial charge >= 0.3 is 0 Å². The summed E-state index contributed by atoms with van der Waals surface area (Å²) in [5.41, 5.74) is 0.603. The van der Waals surface area contributed by atoms with Crippen LogP contribution >= 0.6 is 0 Å². The molecule has 3 atom stereocenters. The third-order valence-electron chi connectivity index (χ3n) is 4.04. The number of amides is 2. The molecule has 3 unspecified atom stereocenters. The lowest BCUT2D eigenvalue weighted by molar-refractivity contribution is -0.162. The average Bonchev–Trinajstić information content (AvgIpc) is 2.55. The molecular weight excluding hydrogens is 329 g/mol. The molecule has 138 valence electrons. The van der Waals surface area contributed by atoms with Crippen LogP contribution in [0.1, 0.15) is 11.6 Å². The Kier molecular flexibility index (Phi) is 6.46. The fourth-order valence-corrected chi connectivity index (χ4v) is 2.79. The molecule has 0 saturated carbocycles. The van der Waals surface area contributed by atoms with Crippen LogP contribution in [0.3, 0.4) is 0 Å². The van der Waals surface area contributed by atoms with E-state index >= 15 is 0 Å². The van der Waals surface area contributed by atoms with Crippen molar-refractivity contribution in [2.24, 2.45) is 0 Å². The first-order valence-electron chi connectivity index (χ1n) is 8.03. The van der Waals surface area contributed by atoms with Gasteiger partial charge in [-0.25, -0.2) is 4.39 Å². The number of halogens is 1. The van der Waals surface area contributed by atoms with Gasteiger partial charge in [-0.05, 0) is 31.8 Å². The summed E-state index contributed by atoms with van der Waals surface area (Å²) in [6.07, 6.45) is -1.65. The van der Waals surface area contributed by atoms with E-state index in [-0.39, 0.29) is 19.1 Å². The number of rotatable bonds is 6. The lowest BCUT2D eigenvalue weighted by atomic mass is 9.97. The third-order valence-corrected chi connectivity index (χ3v) is 4.04. The van der Waals surface area contributed by atoms with Gasteiger partial charge in [-0.1, -0.05) is 12.1 Å². The Morgan fingerprint density at radius 2 is 2.08 bits per heavy atom. The summed E-state index contributed by atoms with van der Waals surface area (Å²) in [6, 6.07) is 4.95. The number of ether oxygens (including phenoxy) is 1. The average molecular weight is 353 g/mol. The van der Waals surface area contributed by atoms with E-state index in [2.05, 4.69) is 5.32 Å². The number of benzene rings is 1. The maximum atomic E-state index is 13.2. The van der Waals surface area contributed by atoms with Crippen molar-refractivity contribution in [3.05, 3.63) is 35.6 Å². The molecule has 1 aliphatic heterocycles. The Morgan fingerprint density at radius 3 is 2.68 bits per heavy atom. The number of carbonyl (C=O) groups excluding carboxylic acids is 2. The summed E-state index contributed by atoms with van der Waals surface area (Å²) >= 11 is 0. The molecule has 2 rings (SSSR count). The number of hydrogen-bond acceptors (Lipinski definition) is 5. The molecule has 1 aromatic rings. The molecule has 1 heterocycles. The Balaban J connectivity index is 2.11. The van der Waals surface area contributed by atoms with Crippen LogP contribution in [0.15, 0.2) is 24.3 Å². The van der Waals surface area contributed by atoms with E-state index in [4.69, 9.17) is 4.74 Å². The topological polar surface area (TPSA) is 82.1 Å². The molecule has 1 fully saturated rings. The molecule has 0 bridgehead atoms. The highest BCUT2D eigenvalue weighted by molar-refractivity contribution is 5.86. The standard InChI is InChI=1S/C17H24FN3O4/c1-20(2)9-13(22)8-19-17(24)16-15(21(3)14(23)10-25-16)11-4-6-12(18)7-5-11/h4-7,13,15-16,22H,8-10H2,1-3H3,(H,19,24).